The van der Waals surface area contributed by atoms with Gasteiger partial charge in [-0.2, -0.15) is 4.37 Å². The molecule has 1 aliphatic heterocycles. The van der Waals surface area contributed by atoms with Crippen LogP contribution in [-0.4, -0.2) is 55.3 Å². The first-order valence-electron chi connectivity index (χ1n) is 10.8. The van der Waals surface area contributed by atoms with Crippen molar-refractivity contribution >= 4 is 38.3 Å². The van der Waals surface area contributed by atoms with Crippen LogP contribution in [0.3, 0.4) is 0 Å². The van der Waals surface area contributed by atoms with Gasteiger partial charge < -0.3 is 4.74 Å². The Bertz CT molecular complexity index is 1280. The third-order valence-corrected chi connectivity index (χ3v) is 8.14. The Morgan fingerprint density at radius 3 is 2.61 bits per heavy atom. The van der Waals surface area contributed by atoms with Crippen LogP contribution >= 0.6 is 23.1 Å². The molecule has 0 bridgehead atoms. The first kappa shape index (κ1) is 26.6. The van der Waals surface area contributed by atoms with Crippen molar-refractivity contribution in [2.24, 2.45) is 5.92 Å². The van der Waals surface area contributed by atoms with Gasteiger partial charge in [-0.15, -0.1) is 0 Å². The number of rotatable bonds is 9. The normalized spacial score (nSPS) is 18.9. The highest BCUT2D eigenvalue weighted by Gasteiger charge is 2.32. The van der Waals surface area contributed by atoms with Crippen molar-refractivity contribution in [2.45, 2.75) is 23.7 Å². The molecule has 2 atom stereocenters. The summed E-state index contributed by atoms with van der Waals surface area (Å²) in [5, 5.41) is 0.448. The number of piperidine rings is 1. The molecule has 7 nitrogen and oxygen atoms in total. The largest absolute Gasteiger partial charge is 0.490 e. The van der Waals surface area contributed by atoms with Gasteiger partial charge in [-0.1, -0.05) is 23.7 Å². The molecular formula is C22H21ClF4N4O3S2. The Balaban J connectivity index is 1.52. The summed E-state index contributed by atoms with van der Waals surface area (Å²) < 4.78 is 91.5. The highest BCUT2D eigenvalue weighted by atomic mass is 35.5. The molecule has 0 spiro atoms. The van der Waals surface area contributed by atoms with Crippen molar-refractivity contribution in [3.63, 3.8) is 0 Å². The molecule has 0 radical (unpaired) electrons. The summed E-state index contributed by atoms with van der Waals surface area (Å²) in [7, 11) is -4.46. The van der Waals surface area contributed by atoms with E-state index in [9.17, 15) is 26.0 Å². The number of hydrogen-bond acceptors (Lipinski definition) is 7. The highest BCUT2D eigenvalue weighted by Crippen LogP contribution is 2.35. The summed E-state index contributed by atoms with van der Waals surface area (Å²) in [6.45, 7) is 0.213. The van der Waals surface area contributed by atoms with Crippen LogP contribution in [0.2, 0.25) is 5.02 Å². The molecule has 0 saturated carbocycles. The maximum atomic E-state index is 14.8. The lowest BCUT2D eigenvalue weighted by molar-refractivity contribution is 0.0466. The van der Waals surface area contributed by atoms with Crippen molar-refractivity contribution in [2.75, 3.05) is 31.0 Å². The number of sulfonamides is 1. The van der Waals surface area contributed by atoms with Crippen molar-refractivity contribution in [1.82, 2.24) is 14.3 Å². The predicted molar refractivity (Wildman–Crippen MR) is 127 cm³/mol. The van der Waals surface area contributed by atoms with E-state index < -0.39 is 45.3 Å². The number of alkyl halides is 2. The lowest BCUT2D eigenvalue weighted by Gasteiger charge is -2.38. The van der Waals surface area contributed by atoms with Crippen molar-refractivity contribution in [3.8, 4) is 5.75 Å². The molecule has 14 heteroatoms. The minimum Gasteiger partial charge on any atom is -0.490 e. The van der Waals surface area contributed by atoms with Gasteiger partial charge in [-0.3, -0.25) is 9.62 Å². The predicted octanol–water partition coefficient (Wildman–Crippen LogP) is 5.02. The van der Waals surface area contributed by atoms with Gasteiger partial charge >= 0.3 is 0 Å². The number of benzene rings is 2. The van der Waals surface area contributed by atoms with E-state index in [2.05, 4.69) is 9.36 Å². The van der Waals surface area contributed by atoms with Crippen molar-refractivity contribution < 1.29 is 30.7 Å². The Morgan fingerprint density at radius 2 is 1.94 bits per heavy atom. The van der Waals surface area contributed by atoms with Gasteiger partial charge in [0.15, 0.2) is 11.6 Å². The number of halogens is 5. The monoisotopic (exact) mass is 564 g/mol. The van der Waals surface area contributed by atoms with E-state index in [0.717, 1.165) is 23.4 Å². The van der Waals surface area contributed by atoms with Gasteiger partial charge in [0.25, 0.3) is 16.4 Å². The van der Waals surface area contributed by atoms with Crippen LogP contribution in [0, 0.1) is 17.6 Å². The summed E-state index contributed by atoms with van der Waals surface area (Å²) in [6, 6.07) is 8.31. The number of aromatic nitrogens is 2. The molecule has 1 fully saturated rings. The zero-order chi connectivity index (χ0) is 25.9. The standard InChI is InChI=1S/C22H21ClF4N4O3S2/c23-15-3-1-13(2-4-15)16-5-6-31(10-21(26)27)9-14(16)11-34-19-7-18(25)20(8-17(19)24)36(32,33)30-22-28-12-29-35-22/h1-4,7-8,12,14,16,21H,5-6,9-11H2,(H,28,29,30)/t14-,16-/m1/s1. The molecule has 0 amide bonds. The molecule has 1 saturated heterocycles. The maximum absolute atomic E-state index is 14.8. The number of anilines is 1. The van der Waals surface area contributed by atoms with E-state index in [-0.39, 0.29) is 30.1 Å². The van der Waals surface area contributed by atoms with Gasteiger partial charge in [0, 0.05) is 41.2 Å². The van der Waals surface area contributed by atoms with Crippen LogP contribution < -0.4 is 9.46 Å². The van der Waals surface area contributed by atoms with E-state index in [1.807, 2.05) is 16.9 Å². The van der Waals surface area contributed by atoms with E-state index in [1.54, 1.807) is 17.0 Å². The number of nitrogens with zero attached hydrogens (tertiary/aromatic N) is 3. The quantitative estimate of drug-likeness (QED) is 0.367. The number of nitrogens with one attached hydrogen (secondary N) is 1. The molecule has 1 aliphatic rings. The zero-order valence-corrected chi connectivity index (χ0v) is 21.0. The second kappa shape index (κ2) is 11.3. The minimum absolute atomic E-state index is 0.0835. The smallest absolute Gasteiger partial charge is 0.266 e. The fraction of sp³-hybridized carbons (Fsp3) is 0.364. The van der Waals surface area contributed by atoms with E-state index >= 15 is 0 Å². The Hall–Kier alpha value is -2.48. The van der Waals surface area contributed by atoms with Gasteiger partial charge in [0.1, 0.15) is 17.0 Å². The summed E-state index contributed by atoms with van der Waals surface area (Å²) in [6.07, 6.45) is -0.830. The molecule has 3 aromatic rings. The fourth-order valence-corrected chi connectivity index (χ4v) is 6.06. The number of ether oxygens (including phenoxy) is 1. The average Bonchev–Trinajstić information content (AvgIpc) is 3.32. The second-order valence-corrected chi connectivity index (χ2v) is 11.1. The molecule has 1 aromatic heterocycles. The topological polar surface area (TPSA) is 84.4 Å². The minimum atomic E-state index is -4.46. The molecule has 2 heterocycles. The zero-order valence-electron chi connectivity index (χ0n) is 18.6. The first-order chi connectivity index (χ1) is 17.1. The molecule has 2 aromatic carbocycles. The Labute approximate surface area is 214 Å². The third-order valence-electron chi connectivity index (χ3n) is 5.82. The van der Waals surface area contributed by atoms with Crippen LogP contribution in [0.4, 0.5) is 22.7 Å². The van der Waals surface area contributed by atoms with E-state index in [1.165, 1.54) is 0 Å². The molecule has 194 valence electrons. The van der Waals surface area contributed by atoms with Crippen LogP contribution in [0.25, 0.3) is 0 Å². The molecule has 36 heavy (non-hydrogen) atoms. The summed E-state index contributed by atoms with van der Waals surface area (Å²) >= 11 is 6.71. The first-order valence-corrected chi connectivity index (χ1v) is 13.4. The van der Waals surface area contributed by atoms with Crippen LogP contribution in [0.1, 0.15) is 17.9 Å². The van der Waals surface area contributed by atoms with Gasteiger partial charge in [0.05, 0.1) is 13.2 Å². The second-order valence-electron chi connectivity index (χ2n) is 8.23. The van der Waals surface area contributed by atoms with Gasteiger partial charge in [-0.25, -0.2) is 31.0 Å². The fourth-order valence-electron chi connectivity index (χ4n) is 4.20. The molecule has 4 rings (SSSR count). The number of likely N-dealkylation sites (tertiary alicyclic amines) is 1. The van der Waals surface area contributed by atoms with Gasteiger partial charge in [0.2, 0.25) is 5.13 Å². The third kappa shape index (κ3) is 6.44. The lowest BCUT2D eigenvalue weighted by atomic mass is 9.81. The Morgan fingerprint density at radius 1 is 1.19 bits per heavy atom. The van der Waals surface area contributed by atoms with Crippen molar-refractivity contribution in [3.05, 3.63) is 64.9 Å². The van der Waals surface area contributed by atoms with E-state index in [0.29, 0.717) is 30.1 Å². The Kier molecular flexibility index (Phi) is 8.33. The molecule has 0 unspecified atom stereocenters. The molecule has 0 aliphatic carbocycles. The van der Waals surface area contributed by atoms with Gasteiger partial charge in [-0.05, 0) is 36.6 Å². The van der Waals surface area contributed by atoms with Crippen molar-refractivity contribution in [1.29, 1.82) is 0 Å². The average molecular weight is 565 g/mol. The SMILES string of the molecule is O=S(=O)(Nc1ncns1)c1cc(F)c(OC[C@H]2CN(CC(F)F)CC[C@@H]2c2ccc(Cl)cc2)cc1F. The lowest BCUT2D eigenvalue weighted by Crippen LogP contribution is -2.43. The van der Waals surface area contributed by atoms with Crippen LogP contribution in [0.15, 0.2) is 47.6 Å². The van der Waals surface area contributed by atoms with Crippen LogP contribution in [0.5, 0.6) is 5.75 Å². The summed E-state index contributed by atoms with van der Waals surface area (Å²) in [5.74, 6) is -3.19. The summed E-state index contributed by atoms with van der Waals surface area (Å²) in [4.78, 5) is 4.35. The van der Waals surface area contributed by atoms with E-state index in [4.69, 9.17) is 16.3 Å². The molecule has 1 N–H and O–H groups in total. The number of hydrogen-bond donors (Lipinski definition) is 1. The maximum Gasteiger partial charge on any atom is 0.266 e. The molecular weight excluding hydrogens is 544 g/mol. The highest BCUT2D eigenvalue weighted by molar-refractivity contribution is 7.93. The van der Waals surface area contributed by atoms with Crippen LogP contribution in [-0.2, 0) is 10.0 Å². The summed E-state index contributed by atoms with van der Waals surface area (Å²) in [5.41, 5.74) is 0.931.